The number of ether oxygens (including phenoxy) is 1. The first kappa shape index (κ1) is 18.6. The van der Waals surface area contributed by atoms with E-state index >= 15 is 0 Å². The highest BCUT2D eigenvalue weighted by Gasteiger charge is 2.45. The van der Waals surface area contributed by atoms with Gasteiger partial charge in [-0.25, -0.2) is 0 Å². The van der Waals surface area contributed by atoms with Crippen molar-refractivity contribution in [3.8, 4) is 5.75 Å². The lowest BCUT2D eigenvalue weighted by Crippen LogP contribution is -2.31. The Morgan fingerprint density at radius 1 is 1.10 bits per heavy atom. The van der Waals surface area contributed by atoms with Gasteiger partial charge in [-0.3, -0.25) is 14.5 Å². The average Bonchev–Trinajstić information content (AvgIpc) is 3.35. The molecule has 1 atom stereocenters. The van der Waals surface area contributed by atoms with Gasteiger partial charge < -0.3 is 14.3 Å². The molecule has 29 heavy (non-hydrogen) atoms. The fraction of sp³-hybridized carbons (Fsp3) is 0.130. The van der Waals surface area contributed by atoms with E-state index in [9.17, 15) is 14.7 Å². The zero-order valence-corrected chi connectivity index (χ0v) is 16.0. The lowest BCUT2D eigenvalue weighted by atomic mass is 9.94. The third kappa shape index (κ3) is 3.18. The zero-order valence-electron chi connectivity index (χ0n) is 16.0. The van der Waals surface area contributed by atoms with Crippen LogP contribution in [0.2, 0.25) is 0 Å². The number of anilines is 1. The van der Waals surface area contributed by atoms with Gasteiger partial charge in [-0.15, -0.1) is 0 Å². The van der Waals surface area contributed by atoms with Gasteiger partial charge >= 0.3 is 0 Å². The maximum atomic E-state index is 13.1. The van der Waals surface area contributed by atoms with Crippen molar-refractivity contribution in [2.75, 3.05) is 12.0 Å². The highest BCUT2D eigenvalue weighted by molar-refractivity contribution is 6.20. The Morgan fingerprint density at radius 3 is 2.59 bits per heavy atom. The van der Waals surface area contributed by atoms with Gasteiger partial charge in [0.1, 0.15) is 5.75 Å². The maximum absolute atomic E-state index is 13.1. The van der Waals surface area contributed by atoms with Crippen molar-refractivity contribution in [3.05, 3.63) is 95.1 Å². The number of methoxy groups -OCH3 is 1. The molecule has 1 unspecified atom stereocenters. The Morgan fingerprint density at radius 2 is 1.90 bits per heavy atom. The number of nitrogens with zero attached hydrogens (tertiary/aromatic N) is 1. The largest absolute Gasteiger partial charge is 0.503 e. The summed E-state index contributed by atoms with van der Waals surface area (Å²) in [5.74, 6) is -1.15. The number of ketones is 1. The normalized spacial score (nSPS) is 16.4. The molecule has 0 spiro atoms. The molecule has 0 saturated heterocycles. The number of hydrogen-bond acceptors (Lipinski definition) is 5. The Labute approximate surface area is 167 Å². The quantitative estimate of drug-likeness (QED) is 0.655. The number of aryl methyl sites for hydroxylation is 1. The summed E-state index contributed by atoms with van der Waals surface area (Å²) >= 11 is 0. The molecule has 0 fully saturated rings. The van der Waals surface area contributed by atoms with E-state index in [1.54, 1.807) is 30.3 Å². The number of amides is 1. The molecule has 1 N–H and O–H groups in total. The molecule has 1 aliphatic heterocycles. The van der Waals surface area contributed by atoms with E-state index in [1.165, 1.54) is 24.3 Å². The second-order valence-corrected chi connectivity index (χ2v) is 6.76. The summed E-state index contributed by atoms with van der Waals surface area (Å²) in [6, 6.07) is 16.7. The van der Waals surface area contributed by atoms with Crippen molar-refractivity contribution in [1.29, 1.82) is 0 Å². The van der Waals surface area contributed by atoms with Crippen LogP contribution in [0.5, 0.6) is 5.75 Å². The van der Waals surface area contributed by atoms with Gasteiger partial charge in [0.25, 0.3) is 5.91 Å². The van der Waals surface area contributed by atoms with E-state index < -0.39 is 23.5 Å². The second-order valence-electron chi connectivity index (χ2n) is 6.76. The Kier molecular flexibility index (Phi) is 4.68. The van der Waals surface area contributed by atoms with E-state index in [2.05, 4.69) is 0 Å². The monoisotopic (exact) mass is 389 g/mol. The number of carbonyl (C=O) groups excluding carboxylic acids is 2. The van der Waals surface area contributed by atoms with Crippen LogP contribution >= 0.6 is 0 Å². The van der Waals surface area contributed by atoms with Gasteiger partial charge in [0.15, 0.2) is 11.5 Å². The van der Waals surface area contributed by atoms with Crippen molar-refractivity contribution >= 4 is 17.4 Å². The summed E-state index contributed by atoms with van der Waals surface area (Å²) in [7, 11) is 1.53. The standard InChI is InChI=1S/C23H19NO5/c1-14-6-3-7-15(12-14)20-19(21(25)18-10-5-11-29-18)22(26)23(27)24(20)16-8-4-9-17(13-16)28-2/h3-13,20,26H,1-2H3. The molecule has 0 saturated carbocycles. The summed E-state index contributed by atoms with van der Waals surface area (Å²) in [5.41, 5.74) is 2.17. The van der Waals surface area contributed by atoms with Crippen molar-refractivity contribution in [3.63, 3.8) is 0 Å². The number of rotatable bonds is 5. The van der Waals surface area contributed by atoms with Crippen LogP contribution in [0, 0.1) is 6.92 Å². The third-order valence-corrected chi connectivity index (χ3v) is 4.89. The Hall–Kier alpha value is -3.80. The predicted molar refractivity (Wildman–Crippen MR) is 107 cm³/mol. The van der Waals surface area contributed by atoms with Crippen molar-refractivity contribution in [2.24, 2.45) is 0 Å². The van der Waals surface area contributed by atoms with E-state index in [0.717, 1.165) is 5.56 Å². The van der Waals surface area contributed by atoms with Gasteiger partial charge in [0, 0.05) is 11.8 Å². The van der Waals surface area contributed by atoms with Crippen LogP contribution in [0.25, 0.3) is 0 Å². The predicted octanol–water partition coefficient (Wildman–Crippen LogP) is 4.38. The number of furan rings is 1. The van der Waals surface area contributed by atoms with Crippen LogP contribution in [0.1, 0.15) is 27.7 Å². The van der Waals surface area contributed by atoms with Crippen LogP contribution in [0.15, 0.2) is 82.7 Å². The van der Waals surface area contributed by atoms with Gasteiger partial charge in [-0.2, -0.15) is 0 Å². The van der Waals surface area contributed by atoms with E-state index in [4.69, 9.17) is 9.15 Å². The molecule has 1 amide bonds. The first-order chi connectivity index (χ1) is 14.0. The zero-order chi connectivity index (χ0) is 20.5. The molecule has 1 aliphatic rings. The number of aliphatic hydroxyl groups excluding tert-OH is 1. The highest BCUT2D eigenvalue weighted by Crippen LogP contribution is 2.42. The van der Waals surface area contributed by atoms with Gasteiger partial charge in [0.05, 0.1) is 25.0 Å². The number of aliphatic hydroxyl groups is 1. The number of benzene rings is 2. The topological polar surface area (TPSA) is 80.0 Å². The van der Waals surface area contributed by atoms with Crippen LogP contribution in [0.4, 0.5) is 5.69 Å². The summed E-state index contributed by atoms with van der Waals surface area (Å²) in [4.78, 5) is 27.6. The molecule has 0 aliphatic carbocycles. The van der Waals surface area contributed by atoms with E-state index in [-0.39, 0.29) is 11.3 Å². The van der Waals surface area contributed by atoms with Gasteiger partial charge in [-0.05, 0) is 36.8 Å². The first-order valence-corrected chi connectivity index (χ1v) is 9.06. The Bertz CT molecular complexity index is 1110. The summed E-state index contributed by atoms with van der Waals surface area (Å²) in [5, 5.41) is 10.7. The fourth-order valence-electron chi connectivity index (χ4n) is 3.56. The third-order valence-electron chi connectivity index (χ3n) is 4.89. The van der Waals surface area contributed by atoms with E-state index in [0.29, 0.717) is 17.0 Å². The van der Waals surface area contributed by atoms with Crippen molar-refractivity contribution in [2.45, 2.75) is 13.0 Å². The summed E-state index contributed by atoms with van der Waals surface area (Å²) in [6.07, 6.45) is 1.38. The molecule has 0 radical (unpaired) electrons. The van der Waals surface area contributed by atoms with Crippen molar-refractivity contribution in [1.82, 2.24) is 0 Å². The average molecular weight is 389 g/mol. The molecular formula is C23H19NO5. The number of Topliss-reactive ketones (excluding diaryl/α,β-unsaturated/α-hetero) is 1. The van der Waals surface area contributed by atoms with Crippen LogP contribution in [-0.4, -0.2) is 23.9 Å². The number of hydrogen-bond donors (Lipinski definition) is 1. The summed E-state index contributed by atoms with van der Waals surface area (Å²) < 4.78 is 10.5. The molecule has 2 heterocycles. The molecule has 2 aromatic carbocycles. The molecule has 0 bridgehead atoms. The van der Waals surface area contributed by atoms with Crippen LogP contribution < -0.4 is 9.64 Å². The lowest BCUT2D eigenvalue weighted by Gasteiger charge is -2.27. The fourth-order valence-corrected chi connectivity index (χ4v) is 3.56. The molecule has 6 nitrogen and oxygen atoms in total. The smallest absolute Gasteiger partial charge is 0.294 e. The van der Waals surface area contributed by atoms with Crippen molar-refractivity contribution < 1.29 is 23.8 Å². The molecule has 146 valence electrons. The van der Waals surface area contributed by atoms with E-state index in [1.807, 2.05) is 31.2 Å². The van der Waals surface area contributed by atoms with Gasteiger partial charge in [0.2, 0.25) is 5.78 Å². The molecule has 3 aromatic rings. The Balaban J connectivity index is 1.89. The molecule has 6 heteroatoms. The second kappa shape index (κ2) is 7.31. The minimum absolute atomic E-state index is 0.0154. The van der Waals surface area contributed by atoms with Gasteiger partial charge in [-0.1, -0.05) is 35.9 Å². The maximum Gasteiger partial charge on any atom is 0.294 e. The lowest BCUT2D eigenvalue weighted by molar-refractivity contribution is -0.117. The summed E-state index contributed by atoms with van der Waals surface area (Å²) in [6.45, 7) is 1.92. The first-order valence-electron chi connectivity index (χ1n) is 9.06. The molecule has 1 aromatic heterocycles. The molecule has 4 rings (SSSR count). The number of carbonyl (C=O) groups is 2. The molecular weight excluding hydrogens is 370 g/mol. The SMILES string of the molecule is COc1cccc(N2C(=O)C(O)=C(C(=O)c3ccco3)C2c2cccc(C)c2)c1. The highest BCUT2D eigenvalue weighted by atomic mass is 16.5. The minimum Gasteiger partial charge on any atom is -0.503 e. The minimum atomic E-state index is -0.799. The van der Waals surface area contributed by atoms with Crippen LogP contribution in [-0.2, 0) is 4.79 Å². The van der Waals surface area contributed by atoms with Crippen LogP contribution in [0.3, 0.4) is 0 Å².